The summed E-state index contributed by atoms with van der Waals surface area (Å²) in [6, 6.07) is 8.27. The molecule has 1 aliphatic rings. The molecule has 3 heteroatoms. The molecule has 17 heavy (non-hydrogen) atoms. The zero-order valence-electron chi connectivity index (χ0n) is 10.4. The van der Waals surface area contributed by atoms with Gasteiger partial charge in [0, 0.05) is 11.1 Å². The first-order valence-corrected chi connectivity index (χ1v) is 6.03. The summed E-state index contributed by atoms with van der Waals surface area (Å²) < 4.78 is 5.75. The largest absolute Gasteiger partial charge is 0.360 e. The van der Waals surface area contributed by atoms with Gasteiger partial charge in [-0.25, -0.2) is 0 Å². The molecule has 0 aliphatic carbocycles. The Labute approximate surface area is 102 Å². The number of benzene rings is 1. The van der Waals surface area contributed by atoms with E-state index < -0.39 is 5.41 Å². The van der Waals surface area contributed by atoms with Crippen molar-refractivity contribution < 1.29 is 9.53 Å². The highest BCUT2D eigenvalue weighted by Crippen LogP contribution is 2.25. The van der Waals surface area contributed by atoms with Gasteiger partial charge in [-0.05, 0) is 24.5 Å². The van der Waals surface area contributed by atoms with Crippen molar-refractivity contribution in [2.75, 3.05) is 11.9 Å². The maximum absolute atomic E-state index is 10.8. The van der Waals surface area contributed by atoms with Gasteiger partial charge in [0.2, 0.25) is 0 Å². The van der Waals surface area contributed by atoms with E-state index in [-0.39, 0.29) is 6.23 Å². The van der Waals surface area contributed by atoms with Crippen molar-refractivity contribution in [3.8, 4) is 0 Å². The number of rotatable bonds is 4. The predicted octanol–water partition coefficient (Wildman–Crippen LogP) is 2.61. The summed E-state index contributed by atoms with van der Waals surface area (Å²) in [5, 5.41) is 3.36. The predicted molar refractivity (Wildman–Crippen MR) is 68.0 cm³/mol. The van der Waals surface area contributed by atoms with Crippen LogP contribution in [0.15, 0.2) is 24.3 Å². The molecule has 0 amide bonds. The van der Waals surface area contributed by atoms with E-state index in [0.717, 1.165) is 24.8 Å². The van der Waals surface area contributed by atoms with E-state index in [1.807, 2.05) is 19.9 Å². The number of aryl methyl sites for hydroxylation is 1. The van der Waals surface area contributed by atoms with Gasteiger partial charge in [0.15, 0.2) is 0 Å². The molecule has 0 fully saturated rings. The summed E-state index contributed by atoms with van der Waals surface area (Å²) in [5.41, 5.74) is 2.08. The van der Waals surface area contributed by atoms with Crippen LogP contribution in [0.2, 0.25) is 0 Å². The molecule has 0 aromatic heterocycles. The Morgan fingerprint density at radius 2 is 2.24 bits per heavy atom. The quantitative estimate of drug-likeness (QED) is 0.812. The van der Waals surface area contributed by atoms with Gasteiger partial charge in [-0.3, -0.25) is 0 Å². The van der Waals surface area contributed by atoms with Crippen LogP contribution >= 0.6 is 0 Å². The Kier molecular flexibility index (Phi) is 3.48. The number of hydrogen-bond donors (Lipinski definition) is 1. The van der Waals surface area contributed by atoms with Crippen LogP contribution in [-0.2, 0) is 16.0 Å². The molecule has 0 radical (unpaired) electrons. The van der Waals surface area contributed by atoms with Crippen molar-refractivity contribution in [2.45, 2.75) is 32.9 Å². The lowest BCUT2D eigenvalue weighted by Gasteiger charge is -2.29. The molecule has 2 rings (SSSR count). The second kappa shape index (κ2) is 4.88. The summed E-state index contributed by atoms with van der Waals surface area (Å²) in [6.45, 7) is 4.23. The third kappa shape index (κ3) is 3.07. The molecule has 1 aliphatic heterocycles. The fourth-order valence-electron chi connectivity index (χ4n) is 1.89. The van der Waals surface area contributed by atoms with Crippen LogP contribution in [-0.4, -0.2) is 19.1 Å². The monoisotopic (exact) mass is 233 g/mol. The van der Waals surface area contributed by atoms with Gasteiger partial charge >= 0.3 is 0 Å². The smallest absolute Gasteiger partial charge is 0.128 e. The molecule has 0 saturated heterocycles. The second-order valence-corrected chi connectivity index (χ2v) is 5.25. The minimum atomic E-state index is -0.404. The third-order valence-corrected chi connectivity index (χ3v) is 2.99. The highest BCUT2D eigenvalue weighted by atomic mass is 16.5. The van der Waals surface area contributed by atoms with Crippen LogP contribution in [0.4, 0.5) is 5.69 Å². The first-order chi connectivity index (χ1) is 8.11. The summed E-state index contributed by atoms with van der Waals surface area (Å²) in [7, 11) is 0. The maximum atomic E-state index is 10.8. The van der Waals surface area contributed by atoms with E-state index in [1.165, 1.54) is 5.56 Å². The molecule has 1 heterocycles. The number of para-hydroxylation sites is 1. The van der Waals surface area contributed by atoms with E-state index in [9.17, 15) is 4.79 Å². The molecule has 1 N–H and O–H groups in total. The highest BCUT2D eigenvalue weighted by molar-refractivity contribution is 5.58. The zero-order chi connectivity index (χ0) is 12.3. The second-order valence-electron chi connectivity index (χ2n) is 5.25. The molecular formula is C14H19NO2. The average molecular weight is 233 g/mol. The number of ether oxygens (including phenoxy) is 1. The van der Waals surface area contributed by atoms with E-state index in [1.54, 1.807) is 0 Å². The normalized spacial score (nSPS) is 19.3. The molecule has 0 spiro atoms. The number of nitrogens with one attached hydrogen (secondary N) is 1. The Morgan fingerprint density at radius 1 is 1.47 bits per heavy atom. The first kappa shape index (κ1) is 12.1. The molecule has 1 atom stereocenters. The van der Waals surface area contributed by atoms with Gasteiger partial charge in [0.25, 0.3) is 0 Å². The zero-order valence-corrected chi connectivity index (χ0v) is 10.4. The van der Waals surface area contributed by atoms with Gasteiger partial charge in [0.1, 0.15) is 12.5 Å². The number of aldehydes is 1. The SMILES string of the molecule is CC(C)(C=O)COC1CCc2ccccc2N1. The summed E-state index contributed by atoms with van der Waals surface area (Å²) in [4.78, 5) is 10.8. The summed E-state index contributed by atoms with van der Waals surface area (Å²) in [6.07, 6.45) is 2.94. The lowest BCUT2D eigenvalue weighted by molar-refractivity contribution is -0.118. The molecule has 92 valence electrons. The van der Waals surface area contributed by atoms with Crippen molar-refractivity contribution in [3.05, 3.63) is 29.8 Å². The lowest BCUT2D eigenvalue weighted by atomic mass is 9.97. The molecule has 3 nitrogen and oxygen atoms in total. The highest BCUT2D eigenvalue weighted by Gasteiger charge is 2.22. The summed E-state index contributed by atoms with van der Waals surface area (Å²) >= 11 is 0. The molecule has 1 aromatic carbocycles. The molecule has 1 unspecified atom stereocenters. The molecular weight excluding hydrogens is 214 g/mol. The first-order valence-electron chi connectivity index (χ1n) is 6.03. The minimum Gasteiger partial charge on any atom is -0.360 e. The number of carbonyl (C=O) groups excluding carboxylic acids is 1. The van der Waals surface area contributed by atoms with Crippen LogP contribution in [0, 0.1) is 5.41 Å². The average Bonchev–Trinajstić information content (AvgIpc) is 2.36. The van der Waals surface area contributed by atoms with Crippen LogP contribution in [0.3, 0.4) is 0 Å². The van der Waals surface area contributed by atoms with Gasteiger partial charge in [-0.15, -0.1) is 0 Å². The Morgan fingerprint density at radius 3 is 3.00 bits per heavy atom. The van der Waals surface area contributed by atoms with E-state index in [2.05, 4.69) is 23.5 Å². The molecule has 1 aromatic rings. The minimum absolute atomic E-state index is 0.0177. The van der Waals surface area contributed by atoms with Gasteiger partial charge < -0.3 is 14.8 Å². The van der Waals surface area contributed by atoms with E-state index >= 15 is 0 Å². The van der Waals surface area contributed by atoms with Crippen molar-refractivity contribution >= 4 is 12.0 Å². The number of fused-ring (bicyclic) bond motifs is 1. The number of anilines is 1. The Hall–Kier alpha value is -1.35. The standard InChI is InChI=1S/C14H19NO2/c1-14(2,9-16)10-17-13-8-7-11-5-3-4-6-12(11)15-13/h3-6,9,13,15H,7-8,10H2,1-2H3. The van der Waals surface area contributed by atoms with Gasteiger partial charge in [-0.2, -0.15) is 0 Å². The number of carbonyl (C=O) groups is 1. The fourth-order valence-corrected chi connectivity index (χ4v) is 1.89. The third-order valence-electron chi connectivity index (χ3n) is 2.99. The topological polar surface area (TPSA) is 38.3 Å². The van der Waals surface area contributed by atoms with Crippen LogP contribution < -0.4 is 5.32 Å². The molecule has 0 saturated carbocycles. The van der Waals surface area contributed by atoms with Crippen molar-refractivity contribution in [1.82, 2.24) is 0 Å². The van der Waals surface area contributed by atoms with Crippen molar-refractivity contribution in [2.24, 2.45) is 5.41 Å². The Balaban J connectivity index is 1.92. The fraction of sp³-hybridized carbons (Fsp3) is 0.500. The van der Waals surface area contributed by atoms with Crippen molar-refractivity contribution in [3.63, 3.8) is 0 Å². The van der Waals surface area contributed by atoms with E-state index in [0.29, 0.717) is 6.61 Å². The van der Waals surface area contributed by atoms with Crippen LogP contribution in [0.25, 0.3) is 0 Å². The molecule has 0 bridgehead atoms. The van der Waals surface area contributed by atoms with Crippen molar-refractivity contribution in [1.29, 1.82) is 0 Å². The summed E-state index contributed by atoms with van der Waals surface area (Å²) in [5.74, 6) is 0. The van der Waals surface area contributed by atoms with Gasteiger partial charge in [-0.1, -0.05) is 32.0 Å². The lowest BCUT2D eigenvalue weighted by Crippen LogP contribution is -2.32. The van der Waals surface area contributed by atoms with Crippen LogP contribution in [0.1, 0.15) is 25.8 Å². The number of hydrogen-bond acceptors (Lipinski definition) is 3. The Bertz CT molecular complexity index is 401. The van der Waals surface area contributed by atoms with Crippen LogP contribution in [0.5, 0.6) is 0 Å². The van der Waals surface area contributed by atoms with Gasteiger partial charge in [0.05, 0.1) is 6.61 Å². The van der Waals surface area contributed by atoms with E-state index in [4.69, 9.17) is 4.74 Å². The maximum Gasteiger partial charge on any atom is 0.128 e.